The molecule has 0 aromatic rings. The summed E-state index contributed by atoms with van der Waals surface area (Å²) in [5.74, 6) is 0. The van der Waals surface area contributed by atoms with Gasteiger partial charge in [0.2, 0.25) is 0 Å². The number of rotatable bonds is 6. The molecule has 1 aliphatic heterocycles. The number of nitrogens with zero attached hydrogens (tertiary/aromatic N) is 2. The molecular formula is C13H26N2O. The molecule has 0 aromatic heterocycles. The summed E-state index contributed by atoms with van der Waals surface area (Å²) in [6.07, 6.45) is 7.56. The van der Waals surface area contributed by atoms with E-state index in [0.29, 0.717) is 6.04 Å². The van der Waals surface area contributed by atoms with E-state index in [1.807, 2.05) is 13.3 Å². The van der Waals surface area contributed by atoms with Crippen LogP contribution in [0.2, 0.25) is 0 Å². The Bertz CT molecular complexity index is 216. The molecule has 94 valence electrons. The first-order valence-electron chi connectivity index (χ1n) is 6.58. The average Bonchev–Trinajstić information content (AvgIpc) is 2.79. The fraction of sp³-hybridized carbons (Fsp3) is 0.923. The summed E-state index contributed by atoms with van der Waals surface area (Å²) in [6, 6.07) is 0.454. The van der Waals surface area contributed by atoms with Crippen LogP contribution < -0.4 is 0 Å². The van der Waals surface area contributed by atoms with E-state index >= 15 is 0 Å². The van der Waals surface area contributed by atoms with Crippen molar-refractivity contribution < 1.29 is 4.74 Å². The molecule has 1 atom stereocenters. The highest BCUT2D eigenvalue weighted by Gasteiger charge is 2.41. The van der Waals surface area contributed by atoms with Gasteiger partial charge in [0.25, 0.3) is 0 Å². The minimum atomic E-state index is -0.0123. The minimum Gasteiger partial charge on any atom is -0.376 e. The number of hydrogen-bond donors (Lipinski definition) is 0. The highest BCUT2D eigenvalue weighted by Crippen LogP contribution is 2.34. The van der Waals surface area contributed by atoms with Crippen LogP contribution in [0.25, 0.3) is 0 Å². The second-order valence-electron chi connectivity index (χ2n) is 4.50. The molecule has 3 heteroatoms. The standard InChI is InChI=1S/C13H26N2O/c1-5-10-14-15-11-8-9-12(15)13(6-2,7-3)16-4/h10,12H,5-9,11H2,1-4H3/b14-10+/t12-/m0/s1. The molecule has 1 fully saturated rings. The fourth-order valence-corrected chi connectivity index (χ4v) is 2.76. The summed E-state index contributed by atoms with van der Waals surface area (Å²) in [7, 11) is 1.84. The van der Waals surface area contributed by atoms with Gasteiger partial charge in [-0.3, -0.25) is 5.01 Å². The van der Waals surface area contributed by atoms with Gasteiger partial charge in [0.1, 0.15) is 0 Å². The third-order valence-electron chi connectivity index (χ3n) is 3.85. The van der Waals surface area contributed by atoms with Crippen molar-refractivity contribution in [2.24, 2.45) is 5.10 Å². The van der Waals surface area contributed by atoms with Gasteiger partial charge in [0.15, 0.2) is 0 Å². The Labute approximate surface area is 99.9 Å². The van der Waals surface area contributed by atoms with Gasteiger partial charge in [-0.05, 0) is 32.1 Å². The maximum absolute atomic E-state index is 5.81. The lowest BCUT2D eigenvalue weighted by Crippen LogP contribution is -2.48. The zero-order chi connectivity index (χ0) is 12.0. The lowest BCUT2D eigenvalue weighted by molar-refractivity contribution is -0.0731. The molecule has 0 unspecified atom stereocenters. The van der Waals surface area contributed by atoms with Crippen LogP contribution in [0, 0.1) is 0 Å². The molecule has 1 saturated heterocycles. The van der Waals surface area contributed by atoms with Gasteiger partial charge in [-0.2, -0.15) is 5.10 Å². The van der Waals surface area contributed by atoms with E-state index in [1.54, 1.807) is 0 Å². The second kappa shape index (κ2) is 6.24. The van der Waals surface area contributed by atoms with Crippen molar-refractivity contribution in [1.82, 2.24) is 5.01 Å². The van der Waals surface area contributed by atoms with Crippen molar-refractivity contribution in [2.75, 3.05) is 13.7 Å². The van der Waals surface area contributed by atoms with Crippen molar-refractivity contribution in [3.05, 3.63) is 0 Å². The monoisotopic (exact) mass is 226 g/mol. The maximum atomic E-state index is 5.81. The van der Waals surface area contributed by atoms with Gasteiger partial charge in [-0.25, -0.2) is 0 Å². The first-order valence-corrected chi connectivity index (χ1v) is 6.58. The van der Waals surface area contributed by atoms with Gasteiger partial charge >= 0.3 is 0 Å². The molecule has 0 saturated carbocycles. The quantitative estimate of drug-likeness (QED) is 0.650. The molecule has 3 nitrogen and oxygen atoms in total. The van der Waals surface area contributed by atoms with Crippen LogP contribution in [-0.4, -0.2) is 36.5 Å². The molecule has 0 N–H and O–H groups in total. The summed E-state index contributed by atoms with van der Waals surface area (Å²) in [5, 5.41) is 6.80. The largest absolute Gasteiger partial charge is 0.376 e. The van der Waals surface area contributed by atoms with Gasteiger partial charge < -0.3 is 4.74 Å². The predicted molar refractivity (Wildman–Crippen MR) is 68.8 cm³/mol. The Morgan fingerprint density at radius 1 is 1.38 bits per heavy atom. The Hall–Kier alpha value is -0.570. The van der Waals surface area contributed by atoms with Crippen LogP contribution in [0.5, 0.6) is 0 Å². The zero-order valence-corrected chi connectivity index (χ0v) is 11.2. The minimum absolute atomic E-state index is 0.0123. The maximum Gasteiger partial charge on any atom is 0.0892 e. The van der Waals surface area contributed by atoms with E-state index in [2.05, 4.69) is 30.9 Å². The van der Waals surface area contributed by atoms with E-state index in [9.17, 15) is 0 Å². The van der Waals surface area contributed by atoms with Crippen molar-refractivity contribution in [1.29, 1.82) is 0 Å². The molecule has 0 bridgehead atoms. The van der Waals surface area contributed by atoms with Crippen molar-refractivity contribution in [3.8, 4) is 0 Å². The molecule has 0 aliphatic carbocycles. The van der Waals surface area contributed by atoms with Crippen LogP contribution in [-0.2, 0) is 4.74 Å². The summed E-state index contributed by atoms with van der Waals surface area (Å²) in [6.45, 7) is 7.63. The number of ether oxygens (including phenoxy) is 1. The Morgan fingerprint density at radius 3 is 2.56 bits per heavy atom. The summed E-state index contributed by atoms with van der Waals surface area (Å²) < 4.78 is 5.81. The Morgan fingerprint density at radius 2 is 2.06 bits per heavy atom. The van der Waals surface area contributed by atoms with Crippen LogP contribution in [0.1, 0.15) is 52.9 Å². The van der Waals surface area contributed by atoms with Gasteiger partial charge in [-0.1, -0.05) is 20.8 Å². The van der Waals surface area contributed by atoms with Crippen molar-refractivity contribution >= 4 is 6.21 Å². The summed E-state index contributed by atoms with van der Waals surface area (Å²) in [4.78, 5) is 0. The third kappa shape index (κ3) is 2.57. The molecule has 0 spiro atoms. The molecule has 1 rings (SSSR count). The second-order valence-corrected chi connectivity index (χ2v) is 4.50. The van der Waals surface area contributed by atoms with Crippen LogP contribution in [0.4, 0.5) is 0 Å². The van der Waals surface area contributed by atoms with Gasteiger partial charge in [0.05, 0.1) is 11.6 Å². The Kier molecular flexibility index (Phi) is 5.26. The van der Waals surface area contributed by atoms with E-state index in [1.165, 1.54) is 12.8 Å². The van der Waals surface area contributed by atoms with Crippen LogP contribution in [0.15, 0.2) is 5.10 Å². The van der Waals surface area contributed by atoms with E-state index in [4.69, 9.17) is 4.74 Å². The number of methoxy groups -OCH3 is 1. The molecule has 0 radical (unpaired) electrons. The van der Waals surface area contributed by atoms with Crippen LogP contribution >= 0.6 is 0 Å². The first kappa shape index (κ1) is 13.5. The van der Waals surface area contributed by atoms with Crippen molar-refractivity contribution in [3.63, 3.8) is 0 Å². The van der Waals surface area contributed by atoms with Crippen LogP contribution in [0.3, 0.4) is 0 Å². The molecule has 0 amide bonds. The summed E-state index contributed by atoms with van der Waals surface area (Å²) in [5.41, 5.74) is -0.0123. The van der Waals surface area contributed by atoms with Gasteiger partial charge in [0, 0.05) is 19.9 Å². The normalized spacial score (nSPS) is 22.2. The number of hydrogen-bond acceptors (Lipinski definition) is 3. The summed E-state index contributed by atoms with van der Waals surface area (Å²) >= 11 is 0. The molecule has 1 aliphatic rings. The molecule has 1 heterocycles. The molecular weight excluding hydrogens is 200 g/mol. The van der Waals surface area contributed by atoms with Gasteiger partial charge in [-0.15, -0.1) is 0 Å². The number of hydrazone groups is 1. The Balaban J connectivity index is 2.78. The topological polar surface area (TPSA) is 24.8 Å². The highest BCUT2D eigenvalue weighted by atomic mass is 16.5. The van der Waals surface area contributed by atoms with Crippen molar-refractivity contribution in [2.45, 2.75) is 64.5 Å². The fourth-order valence-electron chi connectivity index (χ4n) is 2.76. The van der Waals surface area contributed by atoms with E-state index in [-0.39, 0.29) is 5.60 Å². The lowest BCUT2D eigenvalue weighted by Gasteiger charge is -2.39. The smallest absolute Gasteiger partial charge is 0.0892 e. The van der Waals surface area contributed by atoms with E-state index < -0.39 is 0 Å². The predicted octanol–water partition coefficient (Wildman–Crippen LogP) is 3.05. The average molecular weight is 226 g/mol. The molecule has 16 heavy (non-hydrogen) atoms. The zero-order valence-electron chi connectivity index (χ0n) is 11.2. The first-order chi connectivity index (χ1) is 7.74. The third-order valence-corrected chi connectivity index (χ3v) is 3.85. The van der Waals surface area contributed by atoms with E-state index in [0.717, 1.165) is 25.8 Å². The molecule has 0 aromatic carbocycles. The highest BCUT2D eigenvalue weighted by molar-refractivity contribution is 5.56. The SMILES string of the molecule is CC/C=N/N1CCC[C@H]1C(CC)(CC)OC. The lowest BCUT2D eigenvalue weighted by atomic mass is 9.87.